The number of thioether (sulfide) groups is 1. The zero-order valence-corrected chi connectivity index (χ0v) is 22.6. The number of aliphatic hydroxyl groups excluding tert-OH is 1. The predicted molar refractivity (Wildman–Crippen MR) is 151 cm³/mol. The molecular formula is C29H21N3O6S2. The van der Waals surface area contributed by atoms with Crippen LogP contribution in [0.25, 0.3) is 11.0 Å². The van der Waals surface area contributed by atoms with Gasteiger partial charge in [0.1, 0.15) is 5.58 Å². The number of anilines is 1. The molecule has 1 atom stereocenters. The number of benzene rings is 3. The molecule has 0 saturated carbocycles. The van der Waals surface area contributed by atoms with E-state index in [0.717, 1.165) is 5.56 Å². The third-order valence-corrected chi connectivity index (χ3v) is 8.56. The number of aliphatic hydroxyl groups is 1. The Morgan fingerprint density at radius 1 is 1.05 bits per heavy atom. The first-order valence-electron chi connectivity index (χ1n) is 12.1. The maximum Gasteiger partial charge on any atom is 0.296 e. The van der Waals surface area contributed by atoms with Crippen LogP contribution in [0.2, 0.25) is 0 Å². The van der Waals surface area contributed by atoms with E-state index in [4.69, 9.17) is 9.15 Å². The van der Waals surface area contributed by atoms with E-state index in [9.17, 15) is 19.8 Å². The number of rotatable bonds is 8. The van der Waals surface area contributed by atoms with Crippen molar-refractivity contribution in [3.05, 3.63) is 107 Å². The number of Topliss-reactive ketones (excluding diaryl/α,β-unsaturated/α-hetero) is 1. The first-order chi connectivity index (χ1) is 19.4. The molecule has 3 aromatic carbocycles. The molecule has 0 bridgehead atoms. The summed E-state index contributed by atoms with van der Waals surface area (Å²) < 4.78 is 11.7. The highest BCUT2D eigenvalue weighted by atomic mass is 32.2. The average molecular weight is 572 g/mol. The molecule has 1 aliphatic rings. The summed E-state index contributed by atoms with van der Waals surface area (Å²) >= 11 is 2.64. The second-order valence-corrected chi connectivity index (χ2v) is 11.1. The van der Waals surface area contributed by atoms with E-state index >= 15 is 0 Å². The summed E-state index contributed by atoms with van der Waals surface area (Å²) in [6, 6.07) is 21.9. The number of amides is 1. The van der Waals surface area contributed by atoms with Gasteiger partial charge in [-0.2, -0.15) is 0 Å². The normalized spacial score (nSPS) is 15.3. The number of hydrogen-bond acceptors (Lipinski definition) is 10. The third-order valence-electron chi connectivity index (χ3n) is 6.43. The summed E-state index contributed by atoms with van der Waals surface area (Å²) in [4.78, 5) is 28.6. The largest absolute Gasteiger partial charge is 0.504 e. The zero-order chi connectivity index (χ0) is 27.8. The van der Waals surface area contributed by atoms with E-state index < -0.39 is 23.5 Å². The highest BCUT2D eigenvalue weighted by Crippen LogP contribution is 2.45. The van der Waals surface area contributed by atoms with Crippen LogP contribution < -0.4 is 9.64 Å². The molecule has 9 nitrogen and oxygen atoms in total. The molecule has 6 rings (SSSR count). The number of phenols is 1. The Hall–Kier alpha value is -4.61. The molecular weight excluding hydrogens is 550 g/mol. The first kappa shape index (κ1) is 25.7. The molecule has 0 fully saturated rings. The van der Waals surface area contributed by atoms with Crippen LogP contribution >= 0.6 is 23.1 Å². The molecule has 3 heterocycles. The maximum absolute atomic E-state index is 13.8. The quantitative estimate of drug-likeness (QED) is 0.130. The van der Waals surface area contributed by atoms with E-state index in [1.165, 1.54) is 47.2 Å². The number of carbonyl (C=O) groups is 2. The van der Waals surface area contributed by atoms with Crippen LogP contribution in [0.1, 0.15) is 27.7 Å². The Balaban J connectivity index is 1.40. The van der Waals surface area contributed by atoms with Gasteiger partial charge < -0.3 is 19.4 Å². The monoisotopic (exact) mass is 571 g/mol. The average Bonchev–Trinajstić information content (AvgIpc) is 3.69. The van der Waals surface area contributed by atoms with Crippen molar-refractivity contribution in [2.45, 2.75) is 16.1 Å². The second kappa shape index (κ2) is 10.5. The van der Waals surface area contributed by atoms with Crippen LogP contribution in [0.5, 0.6) is 11.5 Å². The highest BCUT2D eigenvalue weighted by Gasteiger charge is 2.47. The number of carbonyl (C=O) groups excluding carboxylic acids is 2. The lowest BCUT2D eigenvalue weighted by Crippen LogP contribution is -2.31. The van der Waals surface area contributed by atoms with Gasteiger partial charge in [0.25, 0.3) is 5.91 Å². The second-order valence-electron chi connectivity index (χ2n) is 8.87. The lowest BCUT2D eigenvalue weighted by molar-refractivity contribution is -0.117. The number of phenolic OH excluding ortho intramolecular Hbond substituents is 1. The van der Waals surface area contributed by atoms with Crippen molar-refractivity contribution in [2.24, 2.45) is 0 Å². The number of fused-ring (bicyclic) bond motifs is 1. The molecule has 40 heavy (non-hydrogen) atoms. The summed E-state index contributed by atoms with van der Waals surface area (Å²) in [5, 5.41) is 30.6. The van der Waals surface area contributed by atoms with Crippen molar-refractivity contribution in [1.82, 2.24) is 10.2 Å². The lowest BCUT2D eigenvalue weighted by atomic mass is 9.95. The van der Waals surface area contributed by atoms with E-state index in [1.54, 1.807) is 30.3 Å². The van der Waals surface area contributed by atoms with E-state index in [1.807, 2.05) is 36.4 Å². The number of aromatic nitrogens is 2. The molecule has 2 N–H and O–H groups in total. The van der Waals surface area contributed by atoms with Crippen molar-refractivity contribution < 1.29 is 29.0 Å². The van der Waals surface area contributed by atoms with Crippen LogP contribution in [-0.4, -0.2) is 39.2 Å². The fourth-order valence-corrected chi connectivity index (χ4v) is 6.34. The number of ether oxygens (including phenoxy) is 1. The molecule has 0 saturated heterocycles. The smallest absolute Gasteiger partial charge is 0.296 e. The standard InChI is InChI=1S/C29H21N3O6S2/c1-37-21-14-18(11-12-19(21)33)24-23(25(34)22-13-17-9-5-6-10-20(17)38-22)26(35)27(36)32(24)28-30-31-29(40-28)39-15-16-7-3-2-4-8-16/h2-14,24,33,35H,15H2,1H3. The number of ketones is 1. The molecule has 200 valence electrons. The van der Waals surface area contributed by atoms with Gasteiger partial charge in [0, 0.05) is 11.1 Å². The molecule has 1 unspecified atom stereocenters. The summed E-state index contributed by atoms with van der Waals surface area (Å²) in [7, 11) is 1.39. The van der Waals surface area contributed by atoms with Crippen molar-refractivity contribution in [3.8, 4) is 11.5 Å². The van der Waals surface area contributed by atoms with Crippen molar-refractivity contribution in [2.75, 3.05) is 12.0 Å². The van der Waals surface area contributed by atoms with E-state index in [0.29, 0.717) is 26.6 Å². The van der Waals surface area contributed by atoms with Gasteiger partial charge >= 0.3 is 0 Å². The van der Waals surface area contributed by atoms with Crippen LogP contribution in [-0.2, 0) is 10.5 Å². The van der Waals surface area contributed by atoms with Gasteiger partial charge in [-0.05, 0) is 35.4 Å². The van der Waals surface area contributed by atoms with E-state index in [2.05, 4.69) is 10.2 Å². The van der Waals surface area contributed by atoms with Gasteiger partial charge in [0.05, 0.1) is 18.7 Å². The van der Waals surface area contributed by atoms with Crippen LogP contribution in [0, 0.1) is 0 Å². The summed E-state index contributed by atoms with van der Waals surface area (Å²) in [6.45, 7) is 0. The van der Waals surface area contributed by atoms with Crippen LogP contribution in [0.15, 0.2) is 99.0 Å². The molecule has 0 spiro atoms. The highest BCUT2D eigenvalue weighted by molar-refractivity contribution is 8.00. The van der Waals surface area contributed by atoms with Crippen molar-refractivity contribution in [3.63, 3.8) is 0 Å². The molecule has 1 amide bonds. The number of para-hydroxylation sites is 1. The fraction of sp³-hybridized carbons (Fsp3) is 0.103. The Morgan fingerprint density at radius 3 is 2.60 bits per heavy atom. The lowest BCUT2D eigenvalue weighted by Gasteiger charge is -2.24. The molecule has 1 aliphatic heterocycles. The zero-order valence-electron chi connectivity index (χ0n) is 21.0. The maximum atomic E-state index is 13.8. The van der Waals surface area contributed by atoms with Gasteiger partial charge in [-0.3, -0.25) is 14.5 Å². The predicted octanol–water partition coefficient (Wildman–Crippen LogP) is 6.07. The van der Waals surface area contributed by atoms with Gasteiger partial charge in [0.15, 0.2) is 27.4 Å². The summed E-state index contributed by atoms with van der Waals surface area (Å²) in [5.41, 5.74) is 1.85. The summed E-state index contributed by atoms with van der Waals surface area (Å²) in [6.07, 6.45) is 0. The van der Waals surface area contributed by atoms with Gasteiger partial charge in [-0.1, -0.05) is 77.7 Å². The number of aromatic hydroxyl groups is 1. The summed E-state index contributed by atoms with van der Waals surface area (Å²) in [5.74, 6) is -1.50. The molecule has 0 radical (unpaired) electrons. The molecule has 2 aromatic heterocycles. The molecule has 11 heteroatoms. The van der Waals surface area contributed by atoms with Crippen LogP contribution in [0.3, 0.4) is 0 Å². The van der Waals surface area contributed by atoms with Gasteiger partial charge in [-0.15, -0.1) is 10.2 Å². The number of methoxy groups -OCH3 is 1. The Labute approximate surface area is 236 Å². The Bertz CT molecular complexity index is 1750. The molecule has 5 aromatic rings. The van der Waals surface area contributed by atoms with Crippen molar-refractivity contribution in [1.29, 1.82) is 0 Å². The number of furan rings is 1. The third kappa shape index (κ3) is 4.59. The number of nitrogens with zero attached hydrogens (tertiary/aromatic N) is 3. The SMILES string of the molecule is COc1cc(C2C(C(=O)c3cc4ccccc4o3)=C(O)C(=O)N2c2nnc(SCc3ccccc3)s2)ccc1O. The van der Waals surface area contributed by atoms with Crippen molar-refractivity contribution >= 4 is 50.9 Å². The van der Waals surface area contributed by atoms with Crippen LogP contribution in [0.4, 0.5) is 5.13 Å². The minimum absolute atomic E-state index is 0.0236. The van der Waals surface area contributed by atoms with Gasteiger partial charge in [-0.25, -0.2) is 0 Å². The number of hydrogen-bond donors (Lipinski definition) is 2. The topological polar surface area (TPSA) is 126 Å². The van der Waals surface area contributed by atoms with Gasteiger partial charge in [0.2, 0.25) is 10.9 Å². The minimum atomic E-state index is -1.08. The fourth-order valence-electron chi connectivity index (χ4n) is 4.52. The van der Waals surface area contributed by atoms with E-state index in [-0.39, 0.29) is 28.0 Å². The first-order valence-corrected chi connectivity index (χ1v) is 13.9. The Kier molecular flexibility index (Phi) is 6.74. The Morgan fingerprint density at radius 2 is 1.82 bits per heavy atom. The molecule has 0 aliphatic carbocycles. The minimum Gasteiger partial charge on any atom is -0.504 e.